The van der Waals surface area contributed by atoms with Crippen LogP contribution in [0.25, 0.3) is 11.3 Å². The van der Waals surface area contributed by atoms with Crippen molar-refractivity contribution < 1.29 is 37.4 Å². The Morgan fingerprint density at radius 3 is 2.62 bits per heavy atom. The van der Waals surface area contributed by atoms with Gasteiger partial charge in [-0.15, -0.1) is 18.6 Å². The first kappa shape index (κ1) is 18.0. The number of halogens is 1. The second kappa shape index (κ2) is 8.39. The van der Waals surface area contributed by atoms with Gasteiger partial charge in [-0.1, -0.05) is 17.2 Å². The number of rotatable bonds is 4. The molecule has 1 radical (unpaired) electrons. The van der Waals surface area contributed by atoms with E-state index in [0.717, 1.165) is 5.56 Å². The summed E-state index contributed by atoms with van der Waals surface area (Å²) in [5, 5.41) is 0.171. The summed E-state index contributed by atoms with van der Waals surface area (Å²) in [4.78, 5) is 12.0. The van der Waals surface area contributed by atoms with Gasteiger partial charge in [0.2, 0.25) is 5.56 Å². The second-order valence-corrected chi connectivity index (χ2v) is 4.46. The molecule has 1 aromatic carbocycles. The van der Waals surface area contributed by atoms with E-state index < -0.39 is 0 Å². The monoisotopic (exact) mass is 375 g/mol. The molecule has 1 heterocycles. The van der Waals surface area contributed by atoms with Crippen LogP contribution in [-0.4, -0.2) is 11.2 Å². The quantitative estimate of drug-likeness (QED) is 0.608. The summed E-state index contributed by atoms with van der Waals surface area (Å²) >= 11 is 5.83. The van der Waals surface area contributed by atoms with E-state index in [9.17, 15) is 4.79 Å². The third-order valence-electron chi connectivity index (χ3n) is 2.82. The van der Waals surface area contributed by atoms with E-state index in [-0.39, 0.29) is 49.9 Å². The molecule has 0 aliphatic rings. The predicted octanol–water partition coefficient (Wildman–Crippen LogP) is 3.00. The van der Waals surface area contributed by atoms with Crippen LogP contribution in [-0.2, 0) is 39.3 Å². The number of ether oxygens (including phenoxy) is 1. The summed E-state index contributed by atoms with van der Waals surface area (Å²) in [6.07, 6.45) is 5.14. The minimum Gasteiger partial charge on any atom is -0.481 e. The summed E-state index contributed by atoms with van der Waals surface area (Å²) in [5.41, 5.74) is 1.36. The molecular formula is C16H13ClNO2Y-. The van der Waals surface area contributed by atoms with Gasteiger partial charge in [0.05, 0.1) is 0 Å². The van der Waals surface area contributed by atoms with Crippen LogP contribution in [0.5, 0.6) is 5.75 Å². The molecule has 0 N–H and O–H groups in total. The summed E-state index contributed by atoms with van der Waals surface area (Å²) in [7, 11) is 0. The standard InChI is InChI=1S/C16H13ClNO2.Y/c1-3-11-20-13-7-5-12(6-8-13)15-10-9-14(17)16(19)18(15)4-2;/h1,5-9H,4,11H2,2H3;/q-1;. The topological polar surface area (TPSA) is 31.2 Å². The van der Waals surface area contributed by atoms with Gasteiger partial charge in [-0.05, 0) is 19.1 Å². The van der Waals surface area contributed by atoms with E-state index >= 15 is 0 Å². The Morgan fingerprint density at radius 1 is 1.38 bits per heavy atom. The van der Waals surface area contributed by atoms with Crippen molar-refractivity contribution in [1.29, 1.82) is 0 Å². The third kappa shape index (κ3) is 4.20. The molecule has 0 saturated carbocycles. The maximum absolute atomic E-state index is 12.0. The smallest absolute Gasteiger partial charge is 0.212 e. The first-order chi connectivity index (χ1) is 9.67. The number of benzene rings is 1. The number of aromatic nitrogens is 1. The van der Waals surface area contributed by atoms with Gasteiger partial charge in [-0.3, -0.25) is 4.79 Å². The van der Waals surface area contributed by atoms with E-state index in [1.54, 1.807) is 16.7 Å². The van der Waals surface area contributed by atoms with Gasteiger partial charge >= 0.3 is 0 Å². The van der Waals surface area contributed by atoms with Crippen molar-refractivity contribution in [2.75, 3.05) is 6.61 Å². The summed E-state index contributed by atoms with van der Waals surface area (Å²) < 4.78 is 6.89. The Kier molecular flexibility index (Phi) is 7.18. The van der Waals surface area contributed by atoms with Crippen LogP contribution >= 0.6 is 11.6 Å². The van der Waals surface area contributed by atoms with E-state index in [0.29, 0.717) is 18.0 Å². The van der Waals surface area contributed by atoms with Crippen molar-refractivity contribution in [2.24, 2.45) is 0 Å². The van der Waals surface area contributed by atoms with Crippen molar-refractivity contribution in [3.63, 3.8) is 0 Å². The van der Waals surface area contributed by atoms with Crippen LogP contribution in [0.1, 0.15) is 6.92 Å². The Labute approximate surface area is 154 Å². The third-order valence-corrected chi connectivity index (χ3v) is 3.09. The summed E-state index contributed by atoms with van der Waals surface area (Å²) in [5.74, 6) is 3.09. The van der Waals surface area contributed by atoms with Gasteiger partial charge < -0.3 is 9.30 Å². The molecule has 0 amide bonds. The zero-order chi connectivity index (χ0) is 14.5. The van der Waals surface area contributed by atoms with E-state index in [2.05, 4.69) is 12.0 Å². The van der Waals surface area contributed by atoms with Crippen LogP contribution in [0.3, 0.4) is 0 Å². The molecule has 5 heteroatoms. The molecule has 0 atom stereocenters. The van der Waals surface area contributed by atoms with Gasteiger partial charge in [-0.2, -0.15) is 23.7 Å². The second-order valence-electron chi connectivity index (χ2n) is 4.05. The van der Waals surface area contributed by atoms with E-state index in [1.165, 1.54) is 6.07 Å². The van der Waals surface area contributed by atoms with Crippen molar-refractivity contribution in [3.8, 4) is 29.4 Å². The Balaban J connectivity index is 0.00000220. The summed E-state index contributed by atoms with van der Waals surface area (Å²) in [6.45, 7) is 2.64. The van der Waals surface area contributed by atoms with Gasteiger partial charge in [0.25, 0.3) is 0 Å². The fourth-order valence-electron chi connectivity index (χ4n) is 1.88. The van der Waals surface area contributed by atoms with Crippen LogP contribution in [0, 0.1) is 18.4 Å². The molecule has 2 aromatic rings. The first-order valence-corrected chi connectivity index (χ1v) is 6.53. The van der Waals surface area contributed by atoms with Gasteiger partial charge in [0, 0.05) is 44.3 Å². The maximum atomic E-state index is 12.0. The molecule has 0 unspecified atom stereocenters. The molecule has 2 rings (SSSR count). The van der Waals surface area contributed by atoms with Crippen molar-refractivity contribution >= 4 is 11.6 Å². The molecule has 0 aliphatic carbocycles. The normalized spacial score (nSPS) is 9.57. The van der Waals surface area contributed by atoms with Crippen molar-refractivity contribution in [1.82, 2.24) is 4.57 Å². The van der Waals surface area contributed by atoms with Gasteiger partial charge in [0.15, 0.2) is 0 Å². The van der Waals surface area contributed by atoms with Crippen LogP contribution < -0.4 is 10.3 Å². The molecule has 105 valence electrons. The Hall–Kier alpha value is -1.08. The molecule has 3 nitrogen and oxygen atoms in total. The number of terminal acetylenes is 1. The van der Waals surface area contributed by atoms with Crippen LogP contribution in [0.15, 0.2) is 35.1 Å². The first-order valence-electron chi connectivity index (χ1n) is 6.15. The summed E-state index contributed by atoms with van der Waals surface area (Å²) in [6, 6.07) is 11.9. The van der Waals surface area contributed by atoms with Gasteiger partial charge in [0.1, 0.15) is 12.4 Å². The molecule has 0 spiro atoms. The zero-order valence-corrected chi connectivity index (χ0v) is 15.2. The number of nitrogens with zero attached hydrogens (tertiary/aromatic N) is 1. The Bertz CT molecular complexity index is 702. The minimum atomic E-state index is -0.212. The van der Waals surface area contributed by atoms with E-state index in [1.807, 2.05) is 19.1 Å². The number of hydrogen-bond acceptors (Lipinski definition) is 2. The van der Waals surface area contributed by atoms with Crippen molar-refractivity contribution in [3.05, 3.63) is 51.8 Å². The molecule has 1 aromatic heterocycles. The van der Waals surface area contributed by atoms with Crippen LogP contribution in [0.4, 0.5) is 0 Å². The zero-order valence-electron chi connectivity index (χ0n) is 11.6. The molecule has 0 bridgehead atoms. The molecule has 21 heavy (non-hydrogen) atoms. The SMILES string of the molecule is C#CCOc1ccc(-c2[c-]cc(Cl)c(=O)n2CC)cc1.[Y]. The average molecular weight is 376 g/mol. The minimum absolute atomic E-state index is 0. The molecule has 0 aliphatic heterocycles. The van der Waals surface area contributed by atoms with Crippen molar-refractivity contribution in [2.45, 2.75) is 13.5 Å². The van der Waals surface area contributed by atoms with Gasteiger partial charge in [-0.25, -0.2) is 0 Å². The largest absolute Gasteiger partial charge is 0.481 e. The average Bonchev–Trinajstić information content (AvgIpc) is 2.48. The number of pyridine rings is 1. The van der Waals surface area contributed by atoms with Crippen LogP contribution in [0.2, 0.25) is 5.02 Å². The van der Waals surface area contributed by atoms with E-state index in [4.69, 9.17) is 22.8 Å². The maximum Gasteiger partial charge on any atom is 0.212 e. The number of hydrogen-bond donors (Lipinski definition) is 0. The Morgan fingerprint density at radius 2 is 2.05 bits per heavy atom. The fourth-order valence-corrected chi connectivity index (χ4v) is 2.03. The molecule has 0 fully saturated rings. The predicted molar refractivity (Wildman–Crippen MR) is 80.0 cm³/mol. The molecular weight excluding hydrogens is 363 g/mol. The molecule has 0 saturated heterocycles. The fraction of sp³-hybridized carbons (Fsp3) is 0.188.